The number of hydrogen-bond acceptors (Lipinski definition) is 1. The fourth-order valence-electron chi connectivity index (χ4n) is 3.64. The highest BCUT2D eigenvalue weighted by Crippen LogP contribution is 2.29. The Morgan fingerprint density at radius 1 is 0.704 bits per heavy atom. The van der Waals surface area contributed by atoms with E-state index in [9.17, 15) is 0 Å². The van der Waals surface area contributed by atoms with Gasteiger partial charge >= 0.3 is 0 Å². The van der Waals surface area contributed by atoms with Crippen molar-refractivity contribution in [2.75, 3.05) is 0 Å². The molecule has 2 rings (SSSR count). The molecule has 27 heavy (non-hydrogen) atoms. The summed E-state index contributed by atoms with van der Waals surface area (Å²) in [7, 11) is 0. The van der Waals surface area contributed by atoms with Gasteiger partial charge in [-0.15, -0.1) is 0 Å². The SMILES string of the molecule is C=Cc1ccccc1CCC(C)(C)OC(C)(C)CCc1ccccc1C=C. The number of ether oxygens (including phenoxy) is 1. The van der Waals surface area contributed by atoms with Gasteiger partial charge in [0.05, 0.1) is 11.2 Å². The van der Waals surface area contributed by atoms with Gasteiger partial charge in [-0.05, 0) is 75.6 Å². The Bertz CT molecular complexity index is 702. The quantitative estimate of drug-likeness (QED) is 0.437. The van der Waals surface area contributed by atoms with Gasteiger partial charge in [-0.1, -0.05) is 73.8 Å². The van der Waals surface area contributed by atoms with Gasteiger partial charge in [0, 0.05) is 0 Å². The van der Waals surface area contributed by atoms with E-state index in [2.05, 4.69) is 89.4 Å². The Kier molecular flexibility index (Phi) is 7.21. The minimum Gasteiger partial charge on any atom is -0.370 e. The minimum absolute atomic E-state index is 0.185. The summed E-state index contributed by atoms with van der Waals surface area (Å²) in [6, 6.07) is 16.9. The Morgan fingerprint density at radius 2 is 1.07 bits per heavy atom. The molecule has 144 valence electrons. The van der Waals surface area contributed by atoms with Crippen LogP contribution in [0.2, 0.25) is 0 Å². The molecule has 1 nitrogen and oxygen atoms in total. The molecule has 0 heterocycles. The zero-order valence-corrected chi connectivity index (χ0v) is 17.4. The van der Waals surface area contributed by atoms with Gasteiger partial charge < -0.3 is 4.74 Å². The highest BCUT2D eigenvalue weighted by molar-refractivity contribution is 5.52. The number of hydrogen-bond donors (Lipinski definition) is 0. The smallest absolute Gasteiger partial charge is 0.0637 e. The van der Waals surface area contributed by atoms with Crippen LogP contribution >= 0.6 is 0 Å². The number of benzene rings is 2. The predicted octanol–water partition coefficient (Wildman–Crippen LogP) is 7.11. The van der Waals surface area contributed by atoms with Crippen molar-refractivity contribution in [1.29, 1.82) is 0 Å². The largest absolute Gasteiger partial charge is 0.370 e. The van der Waals surface area contributed by atoms with E-state index in [1.54, 1.807) is 0 Å². The molecule has 0 bridgehead atoms. The molecule has 0 aromatic heterocycles. The van der Waals surface area contributed by atoms with E-state index in [1.807, 2.05) is 12.2 Å². The lowest BCUT2D eigenvalue weighted by Gasteiger charge is -2.36. The molecule has 0 N–H and O–H groups in total. The van der Waals surface area contributed by atoms with Crippen molar-refractivity contribution in [2.45, 2.75) is 64.6 Å². The summed E-state index contributed by atoms with van der Waals surface area (Å²) in [4.78, 5) is 0. The molecule has 0 amide bonds. The van der Waals surface area contributed by atoms with E-state index >= 15 is 0 Å². The lowest BCUT2D eigenvalue weighted by molar-refractivity contribution is -0.128. The first kappa shape index (κ1) is 21.2. The Balaban J connectivity index is 1.96. The first-order valence-corrected chi connectivity index (χ1v) is 9.87. The average molecular weight is 363 g/mol. The molecule has 1 heteroatoms. The van der Waals surface area contributed by atoms with Crippen LogP contribution in [0.15, 0.2) is 61.7 Å². The van der Waals surface area contributed by atoms with E-state index < -0.39 is 0 Å². The fourth-order valence-corrected chi connectivity index (χ4v) is 3.64. The molecule has 0 unspecified atom stereocenters. The van der Waals surface area contributed by atoms with Crippen LogP contribution in [0.3, 0.4) is 0 Å². The van der Waals surface area contributed by atoms with Gasteiger partial charge in [0.25, 0.3) is 0 Å². The monoisotopic (exact) mass is 362 g/mol. The van der Waals surface area contributed by atoms with Gasteiger partial charge in [-0.25, -0.2) is 0 Å². The molecular formula is C26H34O. The summed E-state index contributed by atoms with van der Waals surface area (Å²) >= 11 is 0. The van der Waals surface area contributed by atoms with Crippen LogP contribution in [0.25, 0.3) is 12.2 Å². The summed E-state index contributed by atoms with van der Waals surface area (Å²) in [5, 5.41) is 0. The maximum Gasteiger partial charge on any atom is 0.0637 e. The van der Waals surface area contributed by atoms with Crippen LogP contribution in [0.5, 0.6) is 0 Å². The zero-order chi connectivity index (χ0) is 19.9. The van der Waals surface area contributed by atoms with Crippen LogP contribution in [-0.2, 0) is 17.6 Å². The lowest BCUT2D eigenvalue weighted by atomic mass is 9.92. The first-order valence-electron chi connectivity index (χ1n) is 9.87. The standard InChI is InChI=1S/C26H34O/c1-7-21-13-9-11-15-23(21)17-19-25(3,4)27-26(5,6)20-18-24-16-12-10-14-22(24)8-2/h7-16H,1-2,17-20H2,3-6H3. The fraction of sp³-hybridized carbons (Fsp3) is 0.385. The van der Waals surface area contributed by atoms with Crippen molar-refractivity contribution in [2.24, 2.45) is 0 Å². The number of aryl methyl sites for hydroxylation is 2. The second-order valence-corrected chi connectivity index (χ2v) is 8.43. The van der Waals surface area contributed by atoms with Gasteiger partial charge in [-0.3, -0.25) is 0 Å². The van der Waals surface area contributed by atoms with E-state index in [1.165, 1.54) is 22.3 Å². The molecule has 0 atom stereocenters. The third kappa shape index (κ3) is 6.52. The van der Waals surface area contributed by atoms with Crippen LogP contribution in [-0.4, -0.2) is 11.2 Å². The summed E-state index contributed by atoms with van der Waals surface area (Å²) < 4.78 is 6.56. The minimum atomic E-state index is -0.185. The van der Waals surface area contributed by atoms with Gasteiger partial charge in [0.15, 0.2) is 0 Å². The second-order valence-electron chi connectivity index (χ2n) is 8.43. The van der Waals surface area contributed by atoms with E-state index in [0.29, 0.717) is 0 Å². The third-order valence-corrected chi connectivity index (χ3v) is 5.10. The molecular weight excluding hydrogens is 328 g/mol. The third-order valence-electron chi connectivity index (χ3n) is 5.10. The second kappa shape index (κ2) is 9.19. The van der Waals surface area contributed by atoms with Gasteiger partial charge in [0.2, 0.25) is 0 Å². The molecule has 0 fully saturated rings. The molecule has 0 saturated carbocycles. The Labute approximate surface area is 165 Å². The van der Waals surface area contributed by atoms with Crippen LogP contribution in [0.1, 0.15) is 62.8 Å². The summed E-state index contributed by atoms with van der Waals surface area (Å²) in [6.07, 6.45) is 7.80. The van der Waals surface area contributed by atoms with Crippen molar-refractivity contribution >= 4 is 12.2 Å². The van der Waals surface area contributed by atoms with Gasteiger partial charge in [0.1, 0.15) is 0 Å². The van der Waals surface area contributed by atoms with Crippen LogP contribution in [0.4, 0.5) is 0 Å². The van der Waals surface area contributed by atoms with Gasteiger partial charge in [-0.2, -0.15) is 0 Å². The molecule has 0 radical (unpaired) electrons. The summed E-state index contributed by atoms with van der Waals surface area (Å²) in [5.41, 5.74) is 4.73. The van der Waals surface area contributed by atoms with Crippen molar-refractivity contribution in [1.82, 2.24) is 0 Å². The zero-order valence-electron chi connectivity index (χ0n) is 17.4. The topological polar surface area (TPSA) is 9.23 Å². The molecule has 2 aromatic carbocycles. The van der Waals surface area contributed by atoms with E-state index in [4.69, 9.17) is 4.74 Å². The van der Waals surface area contributed by atoms with Crippen LogP contribution < -0.4 is 0 Å². The Hall–Kier alpha value is -2.12. The maximum atomic E-state index is 6.56. The number of rotatable bonds is 10. The van der Waals surface area contributed by atoms with Crippen molar-refractivity contribution < 1.29 is 4.74 Å². The maximum absolute atomic E-state index is 6.56. The van der Waals surface area contributed by atoms with Crippen molar-refractivity contribution in [3.63, 3.8) is 0 Å². The van der Waals surface area contributed by atoms with E-state index in [-0.39, 0.29) is 11.2 Å². The normalized spacial score (nSPS) is 12.0. The summed E-state index contributed by atoms with van der Waals surface area (Å²) in [6.45, 7) is 16.6. The Morgan fingerprint density at radius 3 is 1.44 bits per heavy atom. The highest BCUT2D eigenvalue weighted by Gasteiger charge is 2.29. The van der Waals surface area contributed by atoms with Crippen molar-refractivity contribution in [3.05, 3.63) is 83.9 Å². The molecule has 0 aliphatic rings. The van der Waals surface area contributed by atoms with Crippen molar-refractivity contribution in [3.8, 4) is 0 Å². The molecule has 0 saturated heterocycles. The van der Waals surface area contributed by atoms with Crippen LogP contribution in [0, 0.1) is 0 Å². The average Bonchev–Trinajstić information content (AvgIpc) is 2.64. The first-order chi connectivity index (χ1) is 12.8. The molecule has 0 aliphatic carbocycles. The molecule has 0 aliphatic heterocycles. The predicted molar refractivity (Wildman–Crippen MR) is 119 cm³/mol. The molecule has 0 spiro atoms. The van der Waals surface area contributed by atoms with E-state index in [0.717, 1.165) is 25.7 Å². The molecule has 2 aromatic rings. The summed E-state index contributed by atoms with van der Waals surface area (Å²) in [5.74, 6) is 0. The lowest BCUT2D eigenvalue weighted by Crippen LogP contribution is -2.37. The highest BCUT2D eigenvalue weighted by atomic mass is 16.5.